The molecule has 0 fully saturated rings. The van der Waals surface area contributed by atoms with Gasteiger partial charge in [0.25, 0.3) is 0 Å². The standard InChI is InChI=1S/C17H21NO/c1-3-16(15-11-7-8-12-17(15)19)18-13(2)14-9-5-4-6-10-14/h4-13,16,18-19H,3H2,1-2H3. The van der Waals surface area contributed by atoms with E-state index >= 15 is 0 Å². The molecule has 2 unspecified atom stereocenters. The van der Waals surface area contributed by atoms with Gasteiger partial charge in [-0.2, -0.15) is 0 Å². The molecule has 2 aromatic carbocycles. The van der Waals surface area contributed by atoms with Gasteiger partial charge in [-0.05, 0) is 25.0 Å². The summed E-state index contributed by atoms with van der Waals surface area (Å²) < 4.78 is 0. The van der Waals surface area contributed by atoms with E-state index in [1.807, 2.05) is 24.3 Å². The number of hydrogen-bond acceptors (Lipinski definition) is 2. The predicted octanol–water partition coefficient (Wildman–Crippen LogP) is 4.19. The third-order valence-electron chi connectivity index (χ3n) is 3.47. The summed E-state index contributed by atoms with van der Waals surface area (Å²) in [5.41, 5.74) is 2.23. The first-order chi connectivity index (χ1) is 9.22. The van der Waals surface area contributed by atoms with E-state index in [-0.39, 0.29) is 12.1 Å². The zero-order valence-electron chi connectivity index (χ0n) is 11.5. The number of phenols is 1. The van der Waals surface area contributed by atoms with Crippen molar-refractivity contribution >= 4 is 0 Å². The van der Waals surface area contributed by atoms with Crippen molar-refractivity contribution in [2.45, 2.75) is 32.4 Å². The fourth-order valence-corrected chi connectivity index (χ4v) is 2.35. The Morgan fingerprint density at radius 2 is 1.63 bits per heavy atom. The van der Waals surface area contributed by atoms with E-state index < -0.39 is 0 Å². The molecule has 0 saturated carbocycles. The molecule has 2 heteroatoms. The normalized spacial score (nSPS) is 14.0. The summed E-state index contributed by atoms with van der Waals surface area (Å²) in [4.78, 5) is 0. The summed E-state index contributed by atoms with van der Waals surface area (Å²) in [5, 5.41) is 13.5. The van der Waals surface area contributed by atoms with Gasteiger partial charge < -0.3 is 10.4 Å². The molecule has 0 radical (unpaired) electrons. The van der Waals surface area contributed by atoms with Crippen LogP contribution in [0.15, 0.2) is 54.6 Å². The second-order valence-corrected chi connectivity index (χ2v) is 4.82. The smallest absolute Gasteiger partial charge is 0.120 e. The second-order valence-electron chi connectivity index (χ2n) is 4.82. The number of hydrogen-bond donors (Lipinski definition) is 2. The highest BCUT2D eigenvalue weighted by atomic mass is 16.3. The first kappa shape index (κ1) is 13.6. The third-order valence-corrected chi connectivity index (χ3v) is 3.47. The van der Waals surface area contributed by atoms with Crippen LogP contribution in [0.4, 0.5) is 0 Å². The summed E-state index contributed by atoms with van der Waals surface area (Å²) in [6.45, 7) is 4.28. The summed E-state index contributed by atoms with van der Waals surface area (Å²) in [7, 11) is 0. The molecule has 2 aromatic rings. The van der Waals surface area contributed by atoms with Crippen LogP contribution in [-0.2, 0) is 0 Å². The Labute approximate surface area is 115 Å². The van der Waals surface area contributed by atoms with Crippen LogP contribution < -0.4 is 5.32 Å². The summed E-state index contributed by atoms with van der Waals surface area (Å²) in [6.07, 6.45) is 0.939. The molecule has 2 atom stereocenters. The molecule has 0 aliphatic carbocycles. The Morgan fingerprint density at radius 1 is 1.00 bits per heavy atom. The molecule has 0 saturated heterocycles. The van der Waals surface area contributed by atoms with Gasteiger partial charge in [0.05, 0.1) is 0 Å². The van der Waals surface area contributed by atoms with Crippen LogP contribution >= 0.6 is 0 Å². The highest BCUT2D eigenvalue weighted by molar-refractivity contribution is 5.34. The van der Waals surface area contributed by atoms with Crippen LogP contribution in [0.3, 0.4) is 0 Å². The number of benzene rings is 2. The minimum Gasteiger partial charge on any atom is -0.508 e. The molecule has 0 amide bonds. The molecule has 100 valence electrons. The molecule has 0 spiro atoms. The molecule has 2 N–H and O–H groups in total. The van der Waals surface area contributed by atoms with Crippen molar-refractivity contribution in [3.05, 3.63) is 65.7 Å². The van der Waals surface area contributed by atoms with Gasteiger partial charge in [0.2, 0.25) is 0 Å². The van der Waals surface area contributed by atoms with Crippen LogP contribution in [0.25, 0.3) is 0 Å². The van der Waals surface area contributed by atoms with Gasteiger partial charge in [0.1, 0.15) is 5.75 Å². The Bertz CT molecular complexity index is 510. The third kappa shape index (κ3) is 3.36. The van der Waals surface area contributed by atoms with E-state index in [0.717, 1.165) is 12.0 Å². The molecular weight excluding hydrogens is 234 g/mol. The lowest BCUT2D eigenvalue weighted by Gasteiger charge is -2.23. The van der Waals surface area contributed by atoms with E-state index in [9.17, 15) is 5.11 Å². The summed E-state index contributed by atoms with van der Waals surface area (Å²) >= 11 is 0. The number of para-hydroxylation sites is 1. The lowest BCUT2D eigenvalue weighted by Crippen LogP contribution is -2.24. The maximum atomic E-state index is 9.96. The lowest BCUT2D eigenvalue weighted by molar-refractivity contribution is 0.419. The number of nitrogens with one attached hydrogen (secondary N) is 1. The van der Waals surface area contributed by atoms with E-state index in [2.05, 4.69) is 43.4 Å². The van der Waals surface area contributed by atoms with Crippen LogP contribution in [0, 0.1) is 0 Å². The lowest BCUT2D eigenvalue weighted by atomic mass is 10.0. The highest BCUT2D eigenvalue weighted by Crippen LogP contribution is 2.28. The zero-order valence-corrected chi connectivity index (χ0v) is 11.5. The monoisotopic (exact) mass is 255 g/mol. The van der Waals surface area contributed by atoms with E-state index in [1.54, 1.807) is 6.07 Å². The Hall–Kier alpha value is -1.80. The van der Waals surface area contributed by atoms with E-state index in [4.69, 9.17) is 0 Å². The quantitative estimate of drug-likeness (QED) is 0.839. The largest absolute Gasteiger partial charge is 0.508 e. The first-order valence-electron chi connectivity index (χ1n) is 6.81. The SMILES string of the molecule is CCC(NC(C)c1ccccc1)c1ccccc1O. The number of aromatic hydroxyl groups is 1. The number of rotatable bonds is 5. The van der Waals surface area contributed by atoms with Crippen molar-refractivity contribution in [3.8, 4) is 5.75 Å². The molecule has 0 bridgehead atoms. The first-order valence-corrected chi connectivity index (χ1v) is 6.81. The fraction of sp³-hybridized carbons (Fsp3) is 0.294. The zero-order chi connectivity index (χ0) is 13.7. The van der Waals surface area contributed by atoms with Crippen molar-refractivity contribution < 1.29 is 5.11 Å². The van der Waals surface area contributed by atoms with Gasteiger partial charge >= 0.3 is 0 Å². The minimum atomic E-state index is 0.163. The Balaban J connectivity index is 2.14. The van der Waals surface area contributed by atoms with Crippen molar-refractivity contribution in [2.75, 3.05) is 0 Å². The van der Waals surface area contributed by atoms with Gasteiger partial charge in [-0.15, -0.1) is 0 Å². The van der Waals surface area contributed by atoms with Gasteiger partial charge in [-0.3, -0.25) is 0 Å². The second kappa shape index (κ2) is 6.39. The maximum Gasteiger partial charge on any atom is 0.120 e. The summed E-state index contributed by atoms with van der Waals surface area (Å²) in [5.74, 6) is 0.363. The van der Waals surface area contributed by atoms with E-state index in [1.165, 1.54) is 5.56 Å². The average Bonchev–Trinajstić information content (AvgIpc) is 2.46. The highest BCUT2D eigenvalue weighted by Gasteiger charge is 2.16. The van der Waals surface area contributed by atoms with Gasteiger partial charge in [-0.25, -0.2) is 0 Å². The molecule has 0 aliphatic rings. The number of phenolic OH excluding ortho intramolecular Hbond substituents is 1. The maximum absolute atomic E-state index is 9.96. The van der Waals surface area contributed by atoms with Crippen molar-refractivity contribution in [3.63, 3.8) is 0 Å². The minimum absolute atomic E-state index is 0.163. The molecular formula is C17H21NO. The van der Waals surface area contributed by atoms with Crippen molar-refractivity contribution in [1.82, 2.24) is 5.32 Å². The van der Waals surface area contributed by atoms with Gasteiger partial charge in [0, 0.05) is 17.6 Å². The van der Waals surface area contributed by atoms with Crippen LogP contribution in [-0.4, -0.2) is 5.11 Å². The Morgan fingerprint density at radius 3 is 2.26 bits per heavy atom. The van der Waals surface area contributed by atoms with Crippen molar-refractivity contribution in [2.24, 2.45) is 0 Å². The average molecular weight is 255 g/mol. The van der Waals surface area contributed by atoms with Crippen LogP contribution in [0.1, 0.15) is 43.5 Å². The molecule has 2 nitrogen and oxygen atoms in total. The fourth-order valence-electron chi connectivity index (χ4n) is 2.35. The molecule has 19 heavy (non-hydrogen) atoms. The predicted molar refractivity (Wildman–Crippen MR) is 79.1 cm³/mol. The van der Waals surface area contributed by atoms with Crippen molar-refractivity contribution in [1.29, 1.82) is 0 Å². The summed E-state index contributed by atoms with van der Waals surface area (Å²) in [6, 6.07) is 18.3. The molecule has 0 aromatic heterocycles. The topological polar surface area (TPSA) is 32.3 Å². The Kier molecular flexibility index (Phi) is 4.58. The van der Waals surface area contributed by atoms with Gasteiger partial charge in [-0.1, -0.05) is 55.5 Å². The van der Waals surface area contributed by atoms with E-state index in [0.29, 0.717) is 5.75 Å². The molecule has 0 heterocycles. The van der Waals surface area contributed by atoms with Crippen LogP contribution in [0.5, 0.6) is 5.75 Å². The van der Waals surface area contributed by atoms with Gasteiger partial charge in [0.15, 0.2) is 0 Å². The van der Waals surface area contributed by atoms with Crippen LogP contribution in [0.2, 0.25) is 0 Å². The molecule has 2 rings (SSSR count). The molecule has 0 aliphatic heterocycles.